The summed E-state index contributed by atoms with van der Waals surface area (Å²) in [6.07, 6.45) is 4.46. The average molecular weight is 261 g/mol. The molecule has 1 heterocycles. The molecule has 19 heavy (non-hydrogen) atoms. The van der Waals surface area contributed by atoms with Crippen LogP contribution in [0.5, 0.6) is 0 Å². The van der Waals surface area contributed by atoms with E-state index in [1.165, 1.54) is 18.9 Å². The Labute approximate surface area is 112 Å². The molecule has 1 aromatic carbocycles. The molecule has 3 atom stereocenters. The number of para-hydroxylation sites is 1. The third-order valence-electron chi connectivity index (χ3n) is 4.47. The van der Waals surface area contributed by atoms with Crippen LogP contribution in [0, 0.1) is 11.7 Å². The molecule has 2 N–H and O–H groups in total. The summed E-state index contributed by atoms with van der Waals surface area (Å²) in [5, 5.41) is 0.834. The van der Waals surface area contributed by atoms with Gasteiger partial charge in [0.2, 0.25) is 0 Å². The first kappa shape index (κ1) is 12.7. The largest absolute Gasteiger partial charge is 0.458 e. The smallest absolute Gasteiger partial charge is 0.169 e. The van der Waals surface area contributed by atoms with Crippen LogP contribution in [0.3, 0.4) is 0 Å². The maximum Gasteiger partial charge on any atom is 0.169 e. The van der Waals surface area contributed by atoms with Crippen molar-refractivity contribution in [3.63, 3.8) is 0 Å². The van der Waals surface area contributed by atoms with E-state index in [2.05, 4.69) is 6.92 Å². The third-order valence-corrected chi connectivity index (χ3v) is 4.47. The quantitative estimate of drug-likeness (QED) is 0.880. The summed E-state index contributed by atoms with van der Waals surface area (Å²) in [4.78, 5) is 0. The van der Waals surface area contributed by atoms with E-state index in [9.17, 15) is 4.39 Å². The number of rotatable bonds is 2. The van der Waals surface area contributed by atoms with Gasteiger partial charge in [0.25, 0.3) is 0 Å². The van der Waals surface area contributed by atoms with Crippen molar-refractivity contribution in [2.75, 3.05) is 0 Å². The van der Waals surface area contributed by atoms with Gasteiger partial charge < -0.3 is 10.2 Å². The molecule has 1 saturated carbocycles. The molecule has 0 spiro atoms. The molecule has 102 valence electrons. The van der Waals surface area contributed by atoms with Crippen LogP contribution in [0.1, 0.15) is 44.3 Å². The molecule has 1 fully saturated rings. The van der Waals surface area contributed by atoms with Gasteiger partial charge in [0.05, 0.1) is 0 Å². The van der Waals surface area contributed by atoms with Gasteiger partial charge in [-0.15, -0.1) is 0 Å². The van der Waals surface area contributed by atoms with E-state index >= 15 is 0 Å². The van der Waals surface area contributed by atoms with Gasteiger partial charge in [-0.05, 0) is 37.3 Å². The number of benzene rings is 1. The van der Waals surface area contributed by atoms with E-state index < -0.39 is 0 Å². The molecule has 0 bridgehead atoms. The molecule has 3 heteroatoms. The Bertz CT molecular complexity index is 577. The molecule has 2 nitrogen and oxygen atoms in total. The second-order valence-corrected chi connectivity index (χ2v) is 5.66. The van der Waals surface area contributed by atoms with Gasteiger partial charge in [-0.3, -0.25) is 0 Å². The summed E-state index contributed by atoms with van der Waals surface area (Å²) in [6, 6.07) is 7.13. The van der Waals surface area contributed by atoms with E-state index in [1.54, 1.807) is 6.07 Å². The first-order valence-corrected chi connectivity index (χ1v) is 7.12. The zero-order valence-electron chi connectivity index (χ0n) is 11.2. The maximum atomic E-state index is 13.7. The summed E-state index contributed by atoms with van der Waals surface area (Å²) in [6.45, 7) is 2.22. The van der Waals surface area contributed by atoms with Crippen molar-refractivity contribution in [2.45, 2.75) is 44.6 Å². The highest BCUT2D eigenvalue weighted by atomic mass is 19.1. The average Bonchev–Trinajstić information content (AvgIpc) is 2.84. The predicted octanol–water partition coefficient (Wildman–Crippen LogP) is 4.19. The van der Waals surface area contributed by atoms with Crippen molar-refractivity contribution in [2.24, 2.45) is 11.7 Å². The van der Waals surface area contributed by atoms with Gasteiger partial charge in [0, 0.05) is 17.3 Å². The Morgan fingerprint density at radius 3 is 2.95 bits per heavy atom. The highest BCUT2D eigenvalue weighted by Crippen LogP contribution is 2.39. The lowest BCUT2D eigenvalue weighted by Crippen LogP contribution is -2.34. The lowest BCUT2D eigenvalue weighted by atomic mass is 9.76. The van der Waals surface area contributed by atoms with Crippen molar-refractivity contribution in [3.8, 4) is 0 Å². The summed E-state index contributed by atoms with van der Waals surface area (Å²) in [5.41, 5.74) is 6.60. The highest BCUT2D eigenvalue weighted by molar-refractivity contribution is 5.78. The van der Waals surface area contributed by atoms with Crippen molar-refractivity contribution in [1.82, 2.24) is 0 Å². The number of nitrogens with two attached hydrogens (primary N) is 1. The monoisotopic (exact) mass is 261 g/mol. The van der Waals surface area contributed by atoms with Crippen molar-refractivity contribution >= 4 is 11.0 Å². The SMILES string of the molecule is CCC1CCC(N)C(c2cc3cccc(F)c3o2)C1. The number of hydrogen-bond acceptors (Lipinski definition) is 2. The van der Waals surface area contributed by atoms with Gasteiger partial charge in [0.1, 0.15) is 5.76 Å². The summed E-state index contributed by atoms with van der Waals surface area (Å²) >= 11 is 0. The van der Waals surface area contributed by atoms with Gasteiger partial charge >= 0.3 is 0 Å². The molecule has 3 rings (SSSR count). The van der Waals surface area contributed by atoms with Gasteiger partial charge in [-0.1, -0.05) is 25.5 Å². The molecule has 2 aromatic rings. The van der Waals surface area contributed by atoms with Crippen molar-refractivity contribution in [1.29, 1.82) is 0 Å². The molecule has 0 radical (unpaired) electrons. The van der Waals surface area contributed by atoms with Crippen LogP contribution in [0.15, 0.2) is 28.7 Å². The number of furan rings is 1. The third kappa shape index (κ3) is 2.27. The lowest BCUT2D eigenvalue weighted by molar-refractivity contribution is 0.260. The lowest BCUT2D eigenvalue weighted by Gasteiger charge is -2.32. The molecular weight excluding hydrogens is 241 g/mol. The van der Waals surface area contributed by atoms with E-state index in [-0.39, 0.29) is 17.8 Å². The zero-order chi connectivity index (χ0) is 13.4. The first-order valence-electron chi connectivity index (χ1n) is 7.12. The maximum absolute atomic E-state index is 13.7. The van der Waals surface area contributed by atoms with Crippen LogP contribution >= 0.6 is 0 Å². The van der Waals surface area contributed by atoms with Crippen LogP contribution in [0.2, 0.25) is 0 Å². The van der Waals surface area contributed by atoms with Crippen LogP contribution in [-0.4, -0.2) is 6.04 Å². The predicted molar refractivity (Wildman–Crippen MR) is 74.5 cm³/mol. The summed E-state index contributed by atoms with van der Waals surface area (Å²) in [5.74, 6) is 1.50. The molecule has 1 aliphatic rings. The van der Waals surface area contributed by atoms with Crippen LogP contribution in [-0.2, 0) is 0 Å². The molecule has 0 amide bonds. The Hall–Kier alpha value is -1.35. The van der Waals surface area contributed by atoms with E-state index in [4.69, 9.17) is 10.2 Å². The first-order chi connectivity index (χ1) is 9.19. The highest BCUT2D eigenvalue weighted by Gasteiger charge is 2.31. The normalized spacial score (nSPS) is 27.8. The van der Waals surface area contributed by atoms with Crippen molar-refractivity contribution in [3.05, 3.63) is 35.8 Å². The zero-order valence-corrected chi connectivity index (χ0v) is 11.2. The minimum atomic E-state index is -0.292. The number of halogens is 1. The Balaban J connectivity index is 1.96. The Morgan fingerprint density at radius 2 is 2.21 bits per heavy atom. The Morgan fingerprint density at radius 1 is 1.37 bits per heavy atom. The molecule has 1 aliphatic carbocycles. The van der Waals surface area contributed by atoms with Crippen LogP contribution in [0.25, 0.3) is 11.0 Å². The minimum absolute atomic E-state index is 0.131. The standard InChI is InChI=1S/C16H20FNO/c1-2-10-6-7-14(18)12(8-10)15-9-11-4-3-5-13(17)16(11)19-15/h3-5,9-10,12,14H,2,6-8,18H2,1H3. The fraction of sp³-hybridized carbons (Fsp3) is 0.500. The van der Waals surface area contributed by atoms with Gasteiger partial charge in [-0.2, -0.15) is 0 Å². The fourth-order valence-corrected chi connectivity index (χ4v) is 3.21. The molecular formula is C16H20FNO. The van der Waals surface area contributed by atoms with Crippen molar-refractivity contribution < 1.29 is 8.81 Å². The molecule has 3 unspecified atom stereocenters. The van der Waals surface area contributed by atoms with Gasteiger partial charge in [0.15, 0.2) is 11.4 Å². The Kier molecular flexibility index (Phi) is 3.31. The van der Waals surface area contributed by atoms with Crippen LogP contribution in [0.4, 0.5) is 4.39 Å². The second-order valence-electron chi connectivity index (χ2n) is 5.66. The molecule has 1 aromatic heterocycles. The van der Waals surface area contributed by atoms with E-state index in [1.807, 2.05) is 12.1 Å². The second kappa shape index (κ2) is 4.97. The number of fused-ring (bicyclic) bond motifs is 1. The summed E-state index contributed by atoms with van der Waals surface area (Å²) < 4.78 is 19.4. The van der Waals surface area contributed by atoms with E-state index in [0.29, 0.717) is 11.5 Å². The van der Waals surface area contributed by atoms with E-state index in [0.717, 1.165) is 24.0 Å². The topological polar surface area (TPSA) is 39.2 Å². The molecule has 0 aliphatic heterocycles. The van der Waals surface area contributed by atoms with Crippen LogP contribution < -0.4 is 5.73 Å². The fourth-order valence-electron chi connectivity index (χ4n) is 3.21. The number of hydrogen-bond donors (Lipinski definition) is 1. The van der Waals surface area contributed by atoms with Gasteiger partial charge in [-0.25, -0.2) is 4.39 Å². The minimum Gasteiger partial charge on any atom is -0.458 e. The molecule has 0 saturated heterocycles. The summed E-state index contributed by atoms with van der Waals surface area (Å²) in [7, 11) is 0.